The minimum absolute atomic E-state index is 0.0949. The van der Waals surface area contributed by atoms with Crippen molar-refractivity contribution >= 4 is 6.21 Å². The van der Waals surface area contributed by atoms with Crippen molar-refractivity contribution in [1.82, 2.24) is 9.91 Å². The Morgan fingerprint density at radius 2 is 2.36 bits per heavy atom. The molecule has 4 heteroatoms. The van der Waals surface area contributed by atoms with Crippen LogP contribution in [-0.2, 0) is 0 Å². The molecule has 0 aromatic rings. The molecule has 4 nitrogen and oxygen atoms in total. The van der Waals surface area contributed by atoms with E-state index in [0.29, 0.717) is 6.04 Å². The van der Waals surface area contributed by atoms with Crippen molar-refractivity contribution in [2.24, 2.45) is 10.8 Å². The Labute approximate surface area is 66.6 Å². The first-order valence-electron chi connectivity index (χ1n) is 4.02. The van der Waals surface area contributed by atoms with Gasteiger partial charge in [-0.1, -0.05) is 0 Å². The predicted molar refractivity (Wildman–Crippen MR) is 44.2 cm³/mol. The van der Waals surface area contributed by atoms with Crippen LogP contribution in [0.25, 0.3) is 0 Å². The highest BCUT2D eigenvalue weighted by molar-refractivity contribution is 5.60. The molecule has 0 spiro atoms. The second kappa shape index (κ2) is 2.46. The molecule has 1 saturated heterocycles. The summed E-state index contributed by atoms with van der Waals surface area (Å²) in [6, 6.07) is 0.531. The molecule has 2 heterocycles. The van der Waals surface area contributed by atoms with Gasteiger partial charge in [-0.25, -0.2) is 0 Å². The first kappa shape index (κ1) is 7.06. The Kier molecular flexibility index (Phi) is 1.58. The van der Waals surface area contributed by atoms with Crippen LogP contribution in [0, 0.1) is 0 Å². The minimum atomic E-state index is 0.0949. The third kappa shape index (κ3) is 1.12. The summed E-state index contributed by atoms with van der Waals surface area (Å²) in [5.41, 5.74) is 5.88. The van der Waals surface area contributed by atoms with Gasteiger partial charge < -0.3 is 10.6 Å². The van der Waals surface area contributed by atoms with Gasteiger partial charge >= 0.3 is 0 Å². The van der Waals surface area contributed by atoms with Gasteiger partial charge in [-0.05, 0) is 7.05 Å². The first-order valence-corrected chi connectivity index (χ1v) is 4.02. The average molecular weight is 154 g/mol. The quantitative estimate of drug-likeness (QED) is 0.500. The number of likely N-dealkylation sites (N-methyl/N-ethyl adjacent to an activating group) is 1. The molecule has 1 fully saturated rings. The highest BCUT2D eigenvalue weighted by Gasteiger charge is 2.31. The van der Waals surface area contributed by atoms with Crippen molar-refractivity contribution in [2.75, 3.05) is 20.1 Å². The number of hydrazone groups is 1. The summed E-state index contributed by atoms with van der Waals surface area (Å²) in [7, 11) is 2.11. The SMILES string of the molecule is CN1CC(N)N2N=CCC2C1. The molecule has 0 saturated carbocycles. The lowest BCUT2D eigenvalue weighted by Crippen LogP contribution is -2.57. The van der Waals surface area contributed by atoms with Gasteiger partial charge in [0.1, 0.15) is 6.17 Å². The molecule has 0 bridgehead atoms. The third-order valence-corrected chi connectivity index (χ3v) is 2.33. The fourth-order valence-electron chi connectivity index (χ4n) is 1.82. The summed E-state index contributed by atoms with van der Waals surface area (Å²) >= 11 is 0. The minimum Gasteiger partial charge on any atom is -0.309 e. The molecule has 11 heavy (non-hydrogen) atoms. The summed E-state index contributed by atoms with van der Waals surface area (Å²) in [4.78, 5) is 2.26. The van der Waals surface area contributed by atoms with E-state index in [1.165, 1.54) is 0 Å². The maximum Gasteiger partial charge on any atom is 0.107 e. The lowest BCUT2D eigenvalue weighted by atomic mass is 10.1. The molecule has 2 aliphatic heterocycles. The van der Waals surface area contributed by atoms with Crippen molar-refractivity contribution in [3.63, 3.8) is 0 Å². The number of nitrogens with two attached hydrogens (primary N) is 1. The third-order valence-electron chi connectivity index (χ3n) is 2.33. The van der Waals surface area contributed by atoms with Crippen LogP contribution < -0.4 is 5.73 Å². The van der Waals surface area contributed by atoms with E-state index in [1.807, 2.05) is 11.2 Å². The molecule has 0 radical (unpaired) electrons. The van der Waals surface area contributed by atoms with E-state index in [4.69, 9.17) is 5.73 Å². The topological polar surface area (TPSA) is 44.9 Å². The monoisotopic (exact) mass is 154 g/mol. The zero-order valence-corrected chi connectivity index (χ0v) is 6.77. The molecule has 62 valence electrons. The molecule has 2 atom stereocenters. The van der Waals surface area contributed by atoms with Gasteiger partial charge in [0.05, 0.1) is 6.04 Å². The van der Waals surface area contributed by atoms with Gasteiger partial charge in [0.15, 0.2) is 0 Å². The van der Waals surface area contributed by atoms with E-state index in [2.05, 4.69) is 17.0 Å². The van der Waals surface area contributed by atoms with E-state index in [-0.39, 0.29) is 6.17 Å². The maximum atomic E-state index is 5.88. The Balaban J connectivity index is 2.08. The fraction of sp³-hybridized carbons (Fsp3) is 0.857. The smallest absolute Gasteiger partial charge is 0.107 e. The lowest BCUT2D eigenvalue weighted by Gasteiger charge is -2.39. The number of hydrogen-bond acceptors (Lipinski definition) is 4. The lowest BCUT2D eigenvalue weighted by molar-refractivity contribution is 0.0556. The first-order chi connectivity index (χ1) is 5.27. The van der Waals surface area contributed by atoms with Crippen molar-refractivity contribution in [1.29, 1.82) is 0 Å². The Morgan fingerprint density at radius 3 is 3.18 bits per heavy atom. The number of nitrogens with zero attached hydrogens (tertiary/aromatic N) is 3. The second-order valence-electron chi connectivity index (χ2n) is 3.36. The predicted octanol–water partition coefficient (Wildman–Crippen LogP) is -0.723. The van der Waals surface area contributed by atoms with Crippen molar-refractivity contribution < 1.29 is 0 Å². The Bertz CT molecular complexity index is 179. The van der Waals surface area contributed by atoms with E-state index in [1.54, 1.807) is 0 Å². The van der Waals surface area contributed by atoms with E-state index < -0.39 is 0 Å². The van der Waals surface area contributed by atoms with Gasteiger partial charge in [-0.3, -0.25) is 5.01 Å². The number of hydrogen-bond donors (Lipinski definition) is 1. The largest absolute Gasteiger partial charge is 0.309 e. The van der Waals surface area contributed by atoms with Gasteiger partial charge in [0, 0.05) is 25.7 Å². The Hall–Kier alpha value is -0.610. The zero-order chi connectivity index (χ0) is 7.84. The van der Waals surface area contributed by atoms with Crippen LogP contribution in [0.2, 0.25) is 0 Å². The molecular weight excluding hydrogens is 140 g/mol. The van der Waals surface area contributed by atoms with Crippen LogP contribution in [0.1, 0.15) is 6.42 Å². The zero-order valence-electron chi connectivity index (χ0n) is 6.77. The maximum absolute atomic E-state index is 5.88. The van der Waals surface area contributed by atoms with Crippen molar-refractivity contribution in [2.45, 2.75) is 18.6 Å². The summed E-state index contributed by atoms with van der Waals surface area (Å²) in [5, 5.41) is 6.26. The van der Waals surface area contributed by atoms with Gasteiger partial charge in [0.25, 0.3) is 0 Å². The van der Waals surface area contributed by atoms with Crippen LogP contribution in [0.15, 0.2) is 5.10 Å². The molecule has 0 aromatic carbocycles. The molecule has 2 aliphatic rings. The van der Waals surface area contributed by atoms with Crippen LogP contribution in [0.3, 0.4) is 0 Å². The fourth-order valence-corrected chi connectivity index (χ4v) is 1.82. The van der Waals surface area contributed by atoms with Crippen LogP contribution >= 0.6 is 0 Å². The molecule has 2 unspecified atom stereocenters. The summed E-state index contributed by atoms with van der Waals surface area (Å²) in [5.74, 6) is 0. The van der Waals surface area contributed by atoms with E-state index in [9.17, 15) is 0 Å². The summed E-state index contributed by atoms with van der Waals surface area (Å²) in [6.45, 7) is 2.02. The molecule has 2 N–H and O–H groups in total. The molecule has 0 aromatic heterocycles. The summed E-state index contributed by atoms with van der Waals surface area (Å²) < 4.78 is 0. The van der Waals surface area contributed by atoms with Crippen molar-refractivity contribution in [3.05, 3.63) is 0 Å². The van der Waals surface area contributed by atoms with E-state index >= 15 is 0 Å². The van der Waals surface area contributed by atoms with Gasteiger partial charge in [0.2, 0.25) is 0 Å². The van der Waals surface area contributed by atoms with Crippen LogP contribution in [-0.4, -0.2) is 48.5 Å². The highest BCUT2D eigenvalue weighted by atomic mass is 15.6. The molecule has 2 rings (SSSR count). The molecule has 0 amide bonds. The second-order valence-corrected chi connectivity index (χ2v) is 3.36. The highest BCUT2D eigenvalue weighted by Crippen LogP contribution is 2.18. The van der Waals surface area contributed by atoms with Gasteiger partial charge in [-0.15, -0.1) is 0 Å². The number of piperazine rings is 1. The van der Waals surface area contributed by atoms with Crippen LogP contribution in [0.4, 0.5) is 0 Å². The van der Waals surface area contributed by atoms with Crippen molar-refractivity contribution in [3.8, 4) is 0 Å². The van der Waals surface area contributed by atoms with Crippen LogP contribution in [0.5, 0.6) is 0 Å². The molecule has 0 aliphatic carbocycles. The van der Waals surface area contributed by atoms with Gasteiger partial charge in [-0.2, -0.15) is 5.10 Å². The molecular formula is C7H14N4. The number of rotatable bonds is 0. The Morgan fingerprint density at radius 1 is 1.55 bits per heavy atom. The number of fused-ring (bicyclic) bond motifs is 1. The van der Waals surface area contributed by atoms with E-state index in [0.717, 1.165) is 19.5 Å². The standard InChI is InChI=1S/C7H14N4/c1-10-4-6-2-3-9-11(6)7(8)5-10/h3,6-7H,2,4-5,8H2,1H3. The normalized spacial score (nSPS) is 37.8. The average Bonchev–Trinajstić information content (AvgIpc) is 2.34. The summed E-state index contributed by atoms with van der Waals surface area (Å²) in [6.07, 6.45) is 3.11.